The van der Waals surface area contributed by atoms with Gasteiger partial charge >= 0.3 is 0 Å². The van der Waals surface area contributed by atoms with Gasteiger partial charge < -0.3 is 5.32 Å². The number of hydrogen-bond donors (Lipinski definition) is 1. The van der Waals surface area contributed by atoms with Gasteiger partial charge in [0.2, 0.25) is 10.0 Å². The molecule has 2 saturated heterocycles. The summed E-state index contributed by atoms with van der Waals surface area (Å²) in [6.07, 6.45) is 3.35. The van der Waals surface area contributed by atoms with Gasteiger partial charge in [0, 0.05) is 36.3 Å². The fraction of sp³-hybridized carbons (Fsp3) is 0.400. The zero-order valence-corrected chi connectivity index (χ0v) is 12.4. The zero-order valence-electron chi connectivity index (χ0n) is 11.6. The van der Waals surface area contributed by atoms with E-state index in [1.165, 1.54) is 0 Å². The van der Waals surface area contributed by atoms with Gasteiger partial charge in [0.25, 0.3) is 0 Å². The average Bonchev–Trinajstić information content (AvgIpc) is 3.08. The Balaban J connectivity index is 1.77. The van der Waals surface area contributed by atoms with Crippen molar-refractivity contribution in [2.24, 2.45) is 11.8 Å². The van der Waals surface area contributed by atoms with Gasteiger partial charge in [-0.3, -0.25) is 4.98 Å². The van der Waals surface area contributed by atoms with Gasteiger partial charge in [-0.1, -0.05) is 12.1 Å². The number of nitrogens with one attached hydrogen (secondary N) is 1. The molecule has 0 saturated carbocycles. The van der Waals surface area contributed by atoms with Crippen LogP contribution in [-0.4, -0.2) is 43.9 Å². The van der Waals surface area contributed by atoms with Crippen LogP contribution in [0.2, 0.25) is 0 Å². The number of benzene rings is 1. The van der Waals surface area contributed by atoms with Crippen LogP contribution in [0.4, 0.5) is 0 Å². The van der Waals surface area contributed by atoms with E-state index in [1.807, 2.05) is 6.07 Å². The molecule has 0 aliphatic carbocycles. The molecule has 2 aromatic rings. The second kappa shape index (κ2) is 4.76. The molecule has 21 heavy (non-hydrogen) atoms. The van der Waals surface area contributed by atoms with E-state index >= 15 is 0 Å². The summed E-state index contributed by atoms with van der Waals surface area (Å²) in [5.41, 5.74) is 0. The summed E-state index contributed by atoms with van der Waals surface area (Å²) in [4.78, 5) is 4.46. The maximum Gasteiger partial charge on any atom is 0.243 e. The van der Waals surface area contributed by atoms with E-state index < -0.39 is 10.0 Å². The van der Waals surface area contributed by atoms with Crippen LogP contribution in [0.25, 0.3) is 10.8 Å². The second-order valence-electron chi connectivity index (χ2n) is 5.85. The third kappa shape index (κ3) is 2.06. The molecule has 0 amide bonds. The quantitative estimate of drug-likeness (QED) is 0.901. The first-order valence-electron chi connectivity index (χ1n) is 7.20. The Morgan fingerprint density at radius 3 is 2.67 bits per heavy atom. The molecule has 1 aromatic carbocycles. The number of fused-ring (bicyclic) bond motifs is 2. The van der Waals surface area contributed by atoms with Crippen LogP contribution in [0.15, 0.2) is 41.6 Å². The first-order valence-corrected chi connectivity index (χ1v) is 8.64. The van der Waals surface area contributed by atoms with Crippen LogP contribution < -0.4 is 5.32 Å². The van der Waals surface area contributed by atoms with Crippen molar-refractivity contribution in [3.63, 3.8) is 0 Å². The maximum atomic E-state index is 13.0. The number of pyridine rings is 1. The third-order valence-corrected chi connectivity index (χ3v) is 6.50. The molecule has 6 heteroatoms. The van der Waals surface area contributed by atoms with Crippen LogP contribution in [0.5, 0.6) is 0 Å². The molecular weight excluding hydrogens is 286 g/mol. The molecule has 2 fully saturated rings. The van der Waals surface area contributed by atoms with Gasteiger partial charge in [0.05, 0.1) is 4.90 Å². The van der Waals surface area contributed by atoms with E-state index in [-0.39, 0.29) is 0 Å². The molecule has 5 nitrogen and oxygen atoms in total. The van der Waals surface area contributed by atoms with E-state index in [4.69, 9.17) is 0 Å². The van der Waals surface area contributed by atoms with Crippen molar-refractivity contribution in [3.8, 4) is 0 Å². The standard InChI is InChI=1S/C15H17N3O2S/c19-21(20,18-9-12-7-17-8-13(12)10-18)15-3-1-2-11-6-16-5-4-14(11)15/h1-6,12-13,17H,7-10H2/t12-,13+. The Labute approximate surface area is 124 Å². The number of sulfonamides is 1. The molecule has 0 radical (unpaired) electrons. The van der Waals surface area contributed by atoms with Gasteiger partial charge in [-0.15, -0.1) is 0 Å². The lowest BCUT2D eigenvalue weighted by Crippen LogP contribution is -2.32. The highest BCUT2D eigenvalue weighted by Gasteiger charge is 2.41. The fourth-order valence-electron chi connectivity index (χ4n) is 3.47. The summed E-state index contributed by atoms with van der Waals surface area (Å²) in [6.45, 7) is 3.11. The second-order valence-corrected chi connectivity index (χ2v) is 7.76. The first-order chi connectivity index (χ1) is 10.2. The smallest absolute Gasteiger partial charge is 0.243 e. The SMILES string of the molecule is O=S(=O)(c1cccc2cnccc12)N1C[C@H]2CNC[C@H]2C1. The van der Waals surface area contributed by atoms with Crippen LogP contribution in [0.3, 0.4) is 0 Å². The minimum atomic E-state index is -3.43. The van der Waals surface area contributed by atoms with Crippen LogP contribution in [0.1, 0.15) is 0 Å². The molecule has 4 rings (SSSR count). The van der Waals surface area contributed by atoms with Crippen LogP contribution in [0, 0.1) is 11.8 Å². The number of hydrogen-bond acceptors (Lipinski definition) is 4. The van der Waals surface area contributed by atoms with E-state index in [0.29, 0.717) is 29.8 Å². The molecule has 2 aliphatic rings. The van der Waals surface area contributed by atoms with Gasteiger partial charge in [-0.05, 0) is 37.1 Å². The van der Waals surface area contributed by atoms with Crippen molar-refractivity contribution >= 4 is 20.8 Å². The topological polar surface area (TPSA) is 62.3 Å². The van der Waals surface area contributed by atoms with Gasteiger partial charge in [-0.2, -0.15) is 4.31 Å². The summed E-state index contributed by atoms with van der Waals surface area (Å²) in [6, 6.07) is 7.16. The Morgan fingerprint density at radius 1 is 1.14 bits per heavy atom. The fourth-order valence-corrected chi connectivity index (χ4v) is 5.23. The molecular formula is C15H17N3O2S. The Bertz CT molecular complexity index is 773. The summed E-state index contributed by atoms with van der Waals surface area (Å²) >= 11 is 0. The molecule has 0 unspecified atom stereocenters. The van der Waals surface area contributed by atoms with Crippen LogP contribution in [-0.2, 0) is 10.0 Å². The maximum absolute atomic E-state index is 13.0. The first kappa shape index (κ1) is 13.2. The molecule has 0 spiro atoms. The number of aromatic nitrogens is 1. The van der Waals surface area contributed by atoms with Crippen molar-refractivity contribution in [3.05, 3.63) is 36.7 Å². The van der Waals surface area contributed by atoms with Gasteiger partial charge in [0.15, 0.2) is 0 Å². The van der Waals surface area contributed by atoms with E-state index in [2.05, 4.69) is 10.3 Å². The highest BCUT2D eigenvalue weighted by atomic mass is 32.2. The predicted molar refractivity (Wildman–Crippen MR) is 80.4 cm³/mol. The Hall–Kier alpha value is -1.50. The van der Waals surface area contributed by atoms with Crippen LogP contribution >= 0.6 is 0 Å². The minimum Gasteiger partial charge on any atom is -0.316 e. The monoisotopic (exact) mass is 303 g/mol. The van der Waals surface area contributed by atoms with Crippen molar-refractivity contribution in [1.82, 2.24) is 14.6 Å². The van der Waals surface area contributed by atoms with Crippen molar-refractivity contribution in [2.75, 3.05) is 26.2 Å². The predicted octanol–water partition coefficient (Wildman–Crippen LogP) is 1.07. The third-order valence-electron chi connectivity index (χ3n) is 4.61. The molecule has 2 aliphatic heterocycles. The highest BCUT2D eigenvalue weighted by Crippen LogP contribution is 2.32. The molecule has 0 bridgehead atoms. The molecule has 110 valence electrons. The lowest BCUT2D eigenvalue weighted by Gasteiger charge is -2.18. The normalized spacial score (nSPS) is 26.3. The number of rotatable bonds is 2. The van der Waals surface area contributed by atoms with Crippen molar-refractivity contribution in [2.45, 2.75) is 4.90 Å². The van der Waals surface area contributed by atoms with E-state index in [9.17, 15) is 8.42 Å². The van der Waals surface area contributed by atoms with E-state index in [0.717, 1.165) is 23.9 Å². The lowest BCUT2D eigenvalue weighted by molar-refractivity contribution is 0.448. The summed E-state index contributed by atoms with van der Waals surface area (Å²) < 4.78 is 27.6. The Morgan fingerprint density at radius 2 is 1.90 bits per heavy atom. The molecule has 1 aromatic heterocycles. The summed E-state index contributed by atoms with van der Waals surface area (Å²) in [5.74, 6) is 0.910. The summed E-state index contributed by atoms with van der Waals surface area (Å²) in [7, 11) is -3.43. The van der Waals surface area contributed by atoms with Crippen molar-refractivity contribution < 1.29 is 8.42 Å². The molecule has 3 heterocycles. The summed E-state index contributed by atoms with van der Waals surface area (Å²) in [5, 5.41) is 4.95. The highest BCUT2D eigenvalue weighted by molar-refractivity contribution is 7.89. The van der Waals surface area contributed by atoms with Gasteiger partial charge in [0.1, 0.15) is 0 Å². The van der Waals surface area contributed by atoms with Gasteiger partial charge in [-0.25, -0.2) is 8.42 Å². The lowest BCUT2D eigenvalue weighted by atomic mass is 10.0. The average molecular weight is 303 g/mol. The number of nitrogens with zero attached hydrogens (tertiary/aromatic N) is 2. The zero-order chi connectivity index (χ0) is 14.4. The molecule has 2 atom stereocenters. The molecule has 1 N–H and O–H groups in total. The van der Waals surface area contributed by atoms with Crippen molar-refractivity contribution in [1.29, 1.82) is 0 Å². The minimum absolute atomic E-state index is 0.398. The largest absolute Gasteiger partial charge is 0.316 e. The van der Waals surface area contributed by atoms with E-state index in [1.54, 1.807) is 34.9 Å². The Kier molecular flexibility index (Phi) is 2.99.